The van der Waals surface area contributed by atoms with Gasteiger partial charge in [0.05, 0.1) is 7.11 Å². The Kier molecular flexibility index (Phi) is 13.8. The van der Waals surface area contributed by atoms with E-state index in [1.54, 1.807) is 19.3 Å². The largest absolute Gasteiger partial charge is 0.508 e. The molecule has 0 unspecified atom stereocenters. The molecule has 0 aromatic heterocycles. The van der Waals surface area contributed by atoms with E-state index in [0.29, 0.717) is 43.8 Å². The number of carbonyl (C=O) groups is 1. The molecule has 6 nitrogen and oxygen atoms in total. The lowest BCUT2D eigenvalue weighted by atomic mass is 9.80. The summed E-state index contributed by atoms with van der Waals surface area (Å²) in [6.07, 6.45) is 19.4. The molecule has 2 heterocycles. The van der Waals surface area contributed by atoms with Crippen LogP contribution in [0.4, 0.5) is 0 Å². The van der Waals surface area contributed by atoms with E-state index in [9.17, 15) is 15.0 Å². The lowest BCUT2D eigenvalue weighted by Gasteiger charge is -2.28. The van der Waals surface area contributed by atoms with Crippen LogP contribution in [0.15, 0.2) is 96.8 Å². The van der Waals surface area contributed by atoms with Gasteiger partial charge >= 0.3 is 0 Å². The fourth-order valence-electron chi connectivity index (χ4n) is 7.85. The van der Waals surface area contributed by atoms with Gasteiger partial charge in [-0.15, -0.1) is 0 Å². The first-order valence-electron chi connectivity index (χ1n) is 19.7. The Morgan fingerprint density at radius 3 is 2.46 bits per heavy atom. The van der Waals surface area contributed by atoms with Crippen LogP contribution in [0.5, 0.6) is 17.2 Å². The standard InChI is InChI=1S/C48H54O6/c1-3-4-5-11-36-12-6-7-13-37(36)14-8-9-15-38-20-23-41(49)30-40(38)31-43-32-42(50)22-17-34-19-26-47(52-2)48(29-34)54-33-35-18-24-44-39(28-35)21-25-46(51)45(44)16-10-27-53-43/h6-7,12-13,18-21,23-26,28-30,38,40,43,49,51H,3-5,8-9,11,14-17,22,31-33H2,1-2H3/t38-,40+,43+/m1/s1. The van der Waals surface area contributed by atoms with Gasteiger partial charge in [-0.3, -0.25) is 4.79 Å². The quantitative estimate of drug-likeness (QED) is 0.112. The zero-order chi connectivity index (χ0) is 37.7. The number of aryl methyl sites for hydroxylation is 3. The van der Waals surface area contributed by atoms with Gasteiger partial charge in [-0.05, 0) is 126 Å². The van der Waals surface area contributed by atoms with Crippen molar-refractivity contribution >= 4 is 16.6 Å². The number of phenolic OH excluding ortho intramolecular Hbond substituents is 1. The molecule has 3 aliphatic rings. The van der Waals surface area contributed by atoms with Gasteiger partial charge in [0.2, 0.25) is 0 Å². The van der Waals surface area contributed by atoms with Gasteiger partial charge in [0, 0.05) is 24.8 Å². The summed E-state index contributed by atoms with van der Waals surface area (Å²) in [6.45, 7) is 2.59. The molecule has 54 heavy (non-hydrogen) atoms. The topological polar surface area (TPSA) is 85.2 Å². The van der Waals surface area contributed by atoms with Gasteiger partial charge in [-0.25, -0.2) is 0 Å². The number of benzene rings is 4. The molecule has 2 N–H and O–H groups in total. The van der Waals surface area contributed by atoms with E-state index in [-0.39, 0.29) is 35.5 Å². The third-order valence-electron chi connectivity index (χ3n) is 10.9. The molecule has 7 rings (SSSR count). The molecule has 0 spiro atoms. The Morgan fingerprint density at radius 1 is 0.870 bits per heavy atom. The SMILES string of the molecule is CCCCCc1ccccc1CCCC[C@@H]1C=CC(O)=C[C@H]1C[C@H]1CC(=O)CCc2ccc(OC)c(c2)OCc2ccc3c(c(O)ccc3c2)CC#CO1. The van der Waals surface area contributed by atoms with Gasteiger partial charge < -0.3 is 24.4 Å². The number of ketones is 1. The molecule has 0 amide bonds. The highest BCUT2D eigenvalue weighted by Crippen LogP contribution is 2.34. The van der Waals surface area contributed by atoms with E-state index in [1.807, 2.05) is 42.5 Å². The minimum atomic E-state index is -0.455. The predicted molar refractivity (Wildman–Crippen MR) is 216 cm³/mol. The van der Waals surface area contributed by atoms with Crippen molar-refractivity contribution in [3.8, 4) is 29.3 Å². The number of Topliss-reactive ketones (excluding diaryl/α,β-unsaturated/α-hetero) is 1. The maximum Gasteiger partial charge on any atom is 0.161 e. The summed E-state index contributed by atoms with van der Waals surface area (Å²) in [5.41, 5.74) is 5.63. The minimum absolute atomic E-state index is 0.00939. The summed E-state index contributed by atoms with van der Waals surface area (Å²) in [5.74, 6) is 5.13. The van der Waals surface area contributed by atoms with Crippen molar-refractivity contribution in [3.63, 3.8) is 0 Å². The van der Waals surface area contributed by atoms with Gasteiger partial charge in [0.25, 0.3) is 0 Å². The van der Waals surface area contributed by atoms with E-state index in [0.717, 1.165) is 59.6 Å². The van der Waals surface area contributed by atoms with Gasteiger partial charge in [0.15, 0.2) is 11.5 Å². The first-order valence-corrected chi connectivity index (χ1v) is 19.7. The van der Waals surface area contributed by atoms with Crippen LogP contribution >= 0.6 is 0 Å². The summed E-state index contributed by atoms with van der Waals surface area (Å²) in [5, 5.41) is 23.3. The molecular formula is C48H54O6. The molecule has 0 radical (unpaired) electrons. The number of fused-ring (bicyclic) bond motifs is 9. The molecule has 0 fully saturated rings. The Morgan fingerprint density at radius 2 is 1.67 bits per heavy atom. The molecule has 6 heteroatoms. The number of carbonyl (C=O) groups excluding carboxylic acids is 1. The summed E-state index contributed by atoms with van der Waals surface area (Å²) in [4.78, 5) is 13.5. The van der Waals surface area contributed by atoms with Gasteiger partial charge in [-0.2, -0.15) is 0 Å². The van der Waals surface area contributed by atoms with E-state index in [2.05, 4.69) is 55.4 Å². The highest BCUT2D eigenvalue weighted by Gasteiger charge is 2.27. The number of allylic oxidation sites excluding steroid dienone is 3. The van der Waals surface area contributed by atoms with E-state index >= 15 is 0 Å². The smallest absolute Gasteiger partial charge is 0.161 e. The summed E-state index contributed by atoms with van der Waals surface area (Å²) in [6, 6.07) is 24.3. The van der Waals surface area contributed by atoms with Gasteiger partial charge in [0.1, 0.15) is 36.1 Å². The number of aliphatic hydroxyl groups excluding tert-OH is 1. The molecule has 2 aliphatic heterocycles. The number of aliphatic hydroxyl groups is 1. The van der Waals surface area contributed by atoms with Gasteiger partial charge in [-0.1, -0.05) is 86.7 Å². The summed E-state index contributed by atoms with van der Waals surface area (Å²) >= 11 is 0. The van der Waals surface area contributed by atoms with Crippen molar-refractivity contribution in [2.45, 2.75) is 103 Å². The third kappa shape index (κ3) is 10.5. The predicted octanol–water partition coefficient (Wildman–Crippen LogP) is 10.7. The fourth-order valence-corrected chi connectivity index (χ4v) is 7.85. The highest BCUT2D eigenvalue weighted by molar-refractivity contribution is 5.88. The molecule has 4 aromatic carbocycles. The second kappa shape index (κ2) is 19.3. The summed E-state index contributed by atoms with van der Waals surface area (Å²) in [7, 11) is 1.62. The average molecular weight is 727 g/mol. The first-order chi connectivity index (χ1) is 26.4. The second-order valence-electron chi connectivity index (χ2n) is 14.8. The molecule has 282 valence electrons. The Labute approximate surface area is 320 Å². The number of methoxy groups -OCH3 is 1. The van der Waals surface area contributed by atoms with Crippen LogP contribution < -0.4 is 9.47 Å². The van der Waals surface area contributed by atoms with Crippen molar-refractivity contribution in [2.75, 3.05) is 7.11 Å². The molecule has 0 saturated carbocycles. The van der Waals surface area contributed by atoms with Crippen LogP contribution in [0.25, 0.3) is 10.8 Å². The maximum absolute atomic E-state index is 13.5. The lowest BCUT2D eigenvalue weighted by Crippen LogP contribution is -2.24. The number of rotatable bonds is 12. The Balaban J connectivity index is 1.18. The van der Waals surface area contributed by atoms with Crippen molar-refractivity contribution < 1.29 is 29.2 Å². The zero-order valence-corrected chi connectivity index (χ0v) is 31.8. The molecule has 6 bridgehead atoms. The van der Waals surface area contributed by atoms with Crippen LogP contribution in [-0.2, 0) is 41.8 Å². The molecule has 0 saturated heterocycles. The van der Waals surface area contributed by atoms with Crippen molar-refractivity contribution in [2.24, 2.45) is 11.8 Å². The minimum Gasteiger partial charge on any atom is -0.508 e. The number of phenols is 1. The normalized spacial score (nSPS) is 18.8. The number of ether oxygens (including phenoxy) is 3. The van der Waals surface area contributed by atoms with Crippen LogP contribution in [0.2, 0.25) is 0 Å². The molecule has 4 aromatic rings. The maximum atomic E-state index is 13.5. The second-order valence-corrected chi connectivity index (χ2v) is 14.8. The number of hydrogen-bond acceptors (Lipinski definition) is 6. The molecule has 1 aliphatic carbocycles. The van der Waals surface area contributed by atoms with Crippen LogP contribution in [0, 0.1) is 23.9 Å². The zero-order valence-electron chi connectivity index (χ0n) is 31.8. The average Bonchev–Trinajstić information content (AvgIpc) is 3.18. The van der Waals surface area contributed by atoms with E-state index < -0.39 is 6.10 Å². The number of aromatic hydroxyl groups is 1. The molecule has 3 atom stereocenters. The number of unbranched alkanes of at least 4 members (excludes halogenated alkanes) is 3. The van der Waals surface area contributed by atoms with E-state index in [1.165, 1.54) is 30.4 Å². The summed E-state index contributed by atoms with van der Waals surface area (Å²) < 4.78 is 18.0. The van der Waals surface area contributed by atoms with E-state index in [4.69, 9.17) is 14.2 Å². The number of hydrogen-bond donors (Lipinski definition) is 2. The molecular weight excluding hydrogens is 673 g/mol. The first kappa shape index (κ1) is 38.6. The van der Waals surface area contributed by atoms with Crippen LogP contribution in [0.3, 0.4) is 0 Å². The Bertz CT molecular complexity index is 2010. The van der Waals surface area contributed by atoms with Crippen LogP contribution in [0.1, 0.15) is 92.5 Å². The Hall–Kier alpha value is -5.15. The third-order valence-corrected chi connectivity index (χ3v) is 10.9. The fraction of sp³-hybridized carbons (Fsp3) is 0.396. The van der Waals surface area contributed by atoms with Crippen molar-refractivity contribution in [1.82, 2.24) is 0 Å². The van der Waals surface area contributed by atoms with Crippen LogP contribution in [-0.4, -0.2) is 29.2 Å². The highest BCUT2D eigenvalue weighted by atomic mass is 16.5. The van der Waals surface area contributed by atoms with Crippen molar-refractivity contribution in [3.05, 3.63) is 125 Å². The monoisotopic (exact) mass is 726 g/mol. The lowest BCUT2D eigenvalue weighted by molar-refractivity contribution is -0.121. The van der Waals surface area contributed by atoms with Crippen molar-refractivity contribution in [1.29, 1.82) is 0 Å².